The predicted octanol–water partition coefficient (Wildman–Crippen LogP) is 2.45. The van der Waals surface area contributed by atoms with E-state index in [1.165, 1.54) is 5.56 Å². The molecule has 0 atom stereocenters. The average Bonchev–Trinajstić information content (AvgIpc) is 3.17. The minimum Gasteiger partial charge on any atom is -0.493 e. The molecule has 0 fully saturated rings. The first-order valence-electron chi connectivity index (χ1n) is 6.50. The highest BCUT2D eigenvalue weighted by Gasteiger charge is 2.15. The molecule has 6 nitrogen and oxygen atoms in total. The van der Waals surface area contributed by atoms with Crippen molar-refractivity contribution in [3.63, 3.8) is 0 Å². The number of aromatic amines is 1. The van der Waals surface area contributed by atoms with Crippen LogP contribution in [0.4, 0.5) is 0 Å². The second kappa shape index (κ2) is 4.48. The normalized spacial score (nSPS) is 13.8. The third-order valence-corrected chi connectivity index (χ3v) is 3.29. The largest absolute Gasteiger partial charge is 0.493 e. The first kappa shape index (κ1) is 11.2. The Kier molecular flexibility index (Phi) is 2.51. The molecule has 0 bridgehead atoms. The smallest absolute Gasteiger partial charge is 0.258 e. The zero-order valence-corrected chi connectivity index (χ0v) is 10.7. The van der Waals surface area contributed by atoms with E-state index in [4.69, 9.17) is 9.26 Å². The van der Waals surface area contributed by atoms with Gasteiger partial charge in [-0.3, -0.25) is 0 Å². The van der Waals surface area contributed by atoms with Crippen molar-refractivity contribution in [2.24, 2.45) is 0 Å². The second-order valence-electron chi connectivity index (χ2n) is 4.64. The summed E-state index contributed by atoms with van der Waals surface area (Å²) in [5.74, 6) is 2.50. The number of nitrogens with zero attached hydrogens (tertiary/aromatic N) is 3. The highest BCUT2D eigenvalue weighted by atomic mass is 16.5. The fourth-order valence-corrected chi connectivity index (χ4v) is 2.32. The van der Waals surface area contributed by atoms with E-state index in [9.17, 15) is 0 Å². The molecule has 1 aromatic carbocycles. The first-order chi connectivity index (χ1) is 9.90. The summed E-state index contributed by atoms with van der Waals surface area (Å²) >= 11 is 0. The molecule has 0 radical (unpaired) electrons. The van der Waals surface area contributed by atoms with E-state index < -0.39 is 0 Å². The molecule has 0 amide bonds. The second-order valence-corrected chi connectivity index (χ2v) is 4.64. The molecular formula is C14H12N4O2. The number of rotatable bonds is 2. The van der Waals surface area contributed by atoms with Gasteiger partial charge in [0.2, 0.25) is 5.82 Å². The van der Waals surface area contributed by atoms with Crippen LogP contribution in [0.1, 0.15) is 12.0 Å². The molecule has 1 aliphatic rings. The fourth-order valence-electron chi connectivity index (χ4n) is 2.32. The van der Waals surface area contributed by atoms with Gasteiger partial charge in [0, 0.05) is 18.0 Å². The molecule has 0 saturated heterocycles. The van der Waals surface area contributed by atoms with Crippen LogP contribution in [0.3, 0.4) is 0 Å². The third kappa shape index (κ3) is 1.85. The fraction of sp³-hybridized carbons (Fsp3) is 0.214. The number of benzene rings is 1. The average molecular weight is 268 g/mol. The standard InChI is InChI=1S/C14H12N4O2/c1-2-9-8-10(3-4-11(9)19-7-1)14-17-13(18-20-14)12-15-5-6-16-12/h3-6,8H,1-2,7H2,(H,15,16). The van der Waals surface area contributed by atoms with Crippen molar-refractivity contribution in [2.75, 3.05) is 6.61 Å². The van der Waals surface area contributed by atoms with Gasteiger partial charge in [0.05, 0.1) is 6.61 Å². The summed E-state index contributed by atoms with van der Waals surface area (Å²) in [6.07, 6.45) is 5.43. The van der Waals surface area contributed by atoms with Gasteiger partial charge in [-0.25, -0.2) is 4.98 Å². The van der Waals surface area contributed by atoms with Crippen LogP contribution in [0, 0.1) is 0 Å². The molecule has 3 aromatic rings. The molecule has 20 heavy (non-hydrogen) atoms. The lowest BCUT2D eigenvalue weighted by Gasteiger charge is -2.17. The first-order valence-corrected chi connectivity index (χ1v) is 6.50. The maximum atomic E-state index is 5.60. The molecule has 3 heterocycles. The zero-order chi connectivity index (χ0) is 13.4. The quantitative estimate of drug-likeness (QED) is 0.772. The number of aryl methyl sites for hydroxylation is 1. The number of imidazole rings is 1. The van der Waals surface area contributed by atoms with E-state index in [2.05, 4.69) is 20.1 Å². The number of aromatic nitrogens is 4. The maximum Gasteiger partial charge on any atom is 0.258 e. The molecule has 4 rings (SSSR count). The Morgan fingerprint density at radius 2 is 2.25 bits per heavy atom. The maximum absolute atomic E-state index is 5.60. The summed E-state index contributed by atoms with van der Waals surface area (Å²) in [7, 11) is 0. The lowest BCUT2D eigenvalue weighted by Crippen LogP contribution is -2.08. The van der Waals surface area contributed by atoms with Crippen molar-refractivity contribution in [1.29, 1.82) is 0 Å². The van der Waals surface area contributed by atoms with Crippen molar-refractivity contribution >= 4 is 0 Å². The number of H-pyrrole nitrogens is 1. The lowest BCUT2D eigenvalue weighted by atomic mass is 10.0. The predicted molar refractivity (Wildman–Crippen MR) is 71.1 cm³/mol. The SMILES string of the molecule is c1c[nH]c(-c2noc(-c3ccc4c(c3)CCCO4)n2)n1. The van der Waals surface area contributed by atoms with Crippen molar-refractivity contribution in [3.8, 4) is 28.9 Å². The molecule has 0 unspecified atom stereocenters. The summed E-state index contributed by atoms with van der Waals surface area (Å²) in [6, 6.07) is 5.94. The molecule has 1 aliphatic heterocycles. The van der Waals surface area contributed by atoms with Crippen LogP contribution in [0.2, 0.25) is 0 Å². The van der Waals surface area contributed by atoms with E-state index in [0.29, 0.717) is 17.5 Å². The van der Waals surface area contributed by atoms with Crippen molar-refractivity contribution in [1.82, 2.24) is 20.1 Å². The number of hydrogen-bond acceptors (Lipinski definition) is 5. The number of fused-ring (bicyclic) bond motifs is 1. The summed E-state index contributed by atoms with van der Waals surface area (Å²) in [5, 5.41) is 3.94. The third-order valence-electron chi connectivity index (χ3n) is 3.29. The van der Waals surface area contributed by atoms with Gasteiger partial charge in [-0.05, 0) is 36.6 Å². The van der Waals surface area contributed by atoms with Gasteiger partial charge >= 0.3 is 0 Å². The summed E-state index contributed by atoms with van der Waals surface area (Å²) in [5.41, 5.74) is 2.09. The lowest BCUT2D eigenvalue weighted by molar-refractivity contribution is 0.288. The molecule has 2 aromatic heterocycles. The van der Waals surface area contributed by atoms with Crippen LogP contribution in [0.25, 0.3) is 23.1 Å². The van der Waals surface area contributed by atoms with E-state index in [0.717, 1.165) is 30.8 Å². The van der Waals surface area contributed by atoms with Gasteiger partial charge in [-0.15, -0.1) is 0 Å². The highest BCUT2D eigenvalue weighted by Crippen LogP contribution is 2.29. The van der Waals surface area contributed by atoms with Crippen molar-refractivity contribution < 1.29 is 9.26 Å². The van der Waals surface area contributed by atoms with Crippen LogP contribution < -0.4 is 4.74 Å². The molecule has 100 valence electrons. The number of ether oxygens (including phenoxy) is 1. The van der Waals surface area contributed by atoms with Crippen LogP contribution >= 0.6 is 0 Å². The van der Waals surface area contributed by atoms with Crippen molar-refractivity contribution in [3.05, 3.63) is 36.2 Å². The molecule has 0 aliphatic carbocycles. The zero-order valence-electron chi connectivity index (χ0n) is 10.7. The highest BCUT2D eigenvalue weighted by molar-refractivity contribution is 5.59. The van der Waals surface area contributed by atoms with Crippen LogP contribution in [0.5, 0.6) is 5.75 Å². The number of hydrogen-bond donors (Lipinski definition) is 1. The Bertz CT molecular complexity index is 733. The Labute approximate surface area is 114 Å². The van der Waals surface area contributed by atoms with Crippen LogP contribution in [-0.2, 0) is 6.42 Å². The minimum absolute atomic E-state index is 0.457. The molecule has 6 heteroatoms. The summed E-state index contributed by atoms with van der Waals surface area (Å²) < 4.78 is 10.9. The van der Waals surface area contributed by atoms with Gasteiger partial charge < -0.3 is 14.2 Å². The van der Waals surface area contributed by atoms with Gasteiger partial charge in [0.25, 0.3) is 5.89 Å². The Morgan fingerprint density at radius 1 is 1.25 bits per heavy atom. The monoisotopic (exact) mass is 268 g/mol. The Hall–Kier alpha value is -2.63. The van der Waals surface area contributed by atoms with Gasteiger partial charge in [-0.2, -0.15) is 4.98 Å². The van der Waals surface area contributed by atoms with Gasteiger partial charge in [0.15, 0.2) is 5.82 Å². The summed E-state index contributed by atoms with van der Waals surface area (Å²) in [4.78, 5) is 11.4. The molecular weight excluding hydrogens is 256 g/mol. The molecule has 0 spiro atoms. The van der Waals surface area contributed by atoms with Crippen molar-refractivity contribution in [2.45, 2.75) is 12.8 Å². The van der Waals surface area contributed by atoms with Crippen LogP contribution in [-0.4, -0.2) is 26.7 Å². The molecule has 1 N–H and O–H groups in total. The van der Waals surface area contributed by atoms with E-state index in [1.54, 1.807) is 12.4 Å². The summed E-state index contributed by atoms with van der Waals surface area (Å²) in [6.45, 7) is 0.787. The Morgan fingerprint density at radius 3 is 3.15 bits per heavy atom. The van der Waals surface area contributed by atoms with E-state index >= 15 is 0 Å². The van der Waals surface area contributed by atoms with E-state index in [1.807, 2.05) is 18.2 Å². The Balaban J connectivity index is 1.71. The molecule has 0 saturated carbocycles. The van der Waals surface area contributed by atoms with Gasteiger partial charge in [0.1, 0.15) is 5.75 Å². The van der Waals surface area contributed by atoms with Crippen LogP contribution in [0.15, 0.2) is 35.1 Å². The topological polar surface area (TPSA) is 76.8 Å². The van der Waals surface area contributed by atoms with Gasteiger partial charge in [-0.1, -0.05) is 5.16 Å². The van der Waals surface area contributed by atoms with E-state index in [-0.39, 0.29) is 0 Å². The minimum atomic E-state index is 0.457. The number of nitrogens with one attached hydrogen (secondary N) is 1.